The summed E-state index contributed by atoms with van der Waals surface area (Å²) in [6.07, 6.45) is 0. The molecular formula is C30H25N5O6. The molecule has 41 heavy (non-hydrogen) atoms. The van der Waals surface area contributed by atoms with Crippen LogP contribution in [0.4, 0.5) is 11.4 Å². The number of nitro benzene ring substituents is 1. The molecule has 11 nitrogen and oxygen atoms in total. The van der Waals surface area contributed by atoms with Crippen LogP contribution in [0.3, 0.4) is 0 Å². The minimum atomic E-state index is -1.30. The molecule has 2 fully saturated rings. The third kappa shape index (κ3) is 3.12. The zero-order valence-corrected chi connectivity index (χ0v) is 22.4. The summed E-state index contributed by atoms with van der Waals surface area (Å²) >= 11 is 0. The Hall–Kier alpha value is -4.90. The minimum Gasteiger partial charge on any atom is -0.495 e. The van der Waals surface area contributed by atoms with E-state index in [-0.39, 0.29) is 28.6 Å². The van der Waals surface area contributed by atoms with Gasteiger partial charge in [-0.1, -0.05) is 44.2 Å². The van der Waals surface area contributed by atoms with E-state index in [0.717, 1.165) is 4.90 Å². The fraction of sp³-hybridized carbons (Fsp3) is 0.267. The maximum atomic E-state index is 14.6. The number of carbonyl (C=O) groups excluding carboxylic acids is 2. The summed E-state index contributed by atoms with van der Waals surface area (Å²) in [4.78, 5) is 59.7. The molecule has 4 aromatic rings. The molecule has 206 valence electrons. The first kappa shape index (κ1) is 25.1. The number of nitro groups is 1. The molecule has 1 aromatic heterocycles. The molecule has 0 saturated carbocycles. The highest BCUT2D eigenvalue weighted by Crippen LogP contribution is 2.57. The number of carbonyl (C=O) groups is 2. The van der Waals surface area contributed by atoms with Gasteiger partial charge in [-0.05, 0) is 30.2 Å². The lowest BCUT2D eigenvalue weighted by atomic mass is 9.75. The topological polar surface area (TPSA) is 137 Å². The van der Waals surface area contributed by atoms with Gasteiger partial charge in [0.2, 0.25) is 11.8 Å². The minimum absolute atomic E-state index is 0.0129. The van der Waals surface area contributed by atoms with Crippen molar-refractivity contribution in [3.05, 3.63) is 98.6 Å². The van der Waals surface area contributed by atoms with Crippen LogP contribution in [-0.2, 0) is 15.1 Å². The van der Waals surface area contributed by atoms with Gasteiger partial charge in [0.15, 0.2) is 0 Å². The number of rotatable bonds is 4. The van der Waals surface area contributed by atoms with Gasteiger partial charge in [-0.2, -0.15) is 0 Å². The Morgan fingerprint density at radius 3 is 2.46 bits per heavy atom. The quantitative estimate of drug-likeness (QED) is 0.232. The van der Waals surface area contributed by atoms with Gasteiger partial charge < -0.3 is 4.74 Å². The molecule has 0 bridgehead atoms. The molecule has 0 radical (unpaired) electrons. The van der Waals surface area contributed by atoms with Gasteiger partial charge in [0.25, 0.3) is 11.2 Å². The SMILES string of the molecule is COc1ccc([N+](=O)[O-])cc1N1C(=O)[C@H]2[C@@H](C(C)C)N[C@@]3(c4ccccc4-n4c3nc3ccccc3c4=O)[C@H]2C1=O. The van der Waals surface area contributed by atoms with Gasteiger partial charge in [-0.3, -0.25) is 34.4 Å². The molecule has 1 spiro atoms. The molecule has 0 unspecified atom stereocenters. The monoisotopic (exact) mass is 551 g/mol. The van der Waals surface area contributed by atoms with Crippen molar-refractivity contribution in [3.63, 3.8) is 0 Å². The standard InChI is InChI=1S/C30H25N5O6/c1-15(2)25-23-24(28(38)33(27(23)37)21-14-16(35(39)40)12-13-22(21)41-3)30(32-25)18-9-5-7-11-20(18)34-26(36)17-8-4-6-10-19(17)31-29(30)34/h4-15,23-25,32H,1-3H3/t23-,24-,25-,30+/m1/s1. The lowest BCUT2D eigenvalue weighted by Crippen LogP contribution is -2.51. The predicted octanol–water partition coefficient (Wildman–Crippen LogP) is 3.29. The van der Waals surface area contributed by atoms with Gasteiger partial charge in [-0.15, -0.1) is 0 Å². The lowest BCUT2D eigenvalue weighted by Gasteiger charge is -2.32. The van der Waals surface area contributed by atoms with E-state index in [1.165, 1.54) is 25.3 Å². The summed E-state index contributed by atoms with van der Waals surface area (Å²) in [5, 5.41) is 15.7. The van der Waals surface area contributed by atoms with Crippen LogP contribution in [0.5, 0.6) is 5.75 Å². The Balaban J connectivity index is 1.52. The molecule has 0 aliphatic carbocycles. The van der Waals surface area contributed by atoms with Crippen molar-refractivity contribution in [1.29, 1.82) is 0 Å². The molecule has 3 aliphatic rings. The normalized spacial score (nSPS) is 24.3. The van der Waals surface area contributed by atoms with Crippen molar-refractivity contribution in [2.75, 3.05) is 12.0 Å². The van der Waals surface area contributed by atoms with Crippen LogP contribution in [0.25, 0.3) is 16.6 Å². The highest BCUT2D eigenvalue weighted by Gasteiger charge is 2.70. The molecule has 11 heteroatoms. The van der Waals surface area contributed by atoms with Crippen LogP contribution in [0.2, 0.25) is 0 Å². The summed E-state index contributed by atoms with van der Waals surface area (Å²) in [5.74, 6) is -2.41. The van der Waals surface area contributed by atoms with Crippen molar-refractivity contribution in [2.24, 2.45) is 17.8 Å². The number of benzene rings is 3. The molecule has 2 amide bonds. The predicted molar refractivity (Wildman–Crippen MR) is 149 cm³/mol. The Kier molecular flexibility index (Phi) is 5.23. The molecular weight excluding hydrogens is 526 g/mol. The summed E-state index contributed by atoms with van der Waals surface area (Å²) in [7, 11) is 1.38. The average molecular weight is 552 g/mol. The second kappa shape index (κ2) is 8.55. The van der Waals surface area contributed by atoms with E-state index in [2.05, 4.69) is 5.32 Å². The zero-order chi connectivity index (χ0) is 28.8. The maximum Gasteiger partial charge on any atom is 0.271 e. The fourth-order valence-corrected chi connectivity index (χ4v) is 6.93. The summed E-state index contributed by atoms with van der Waals surface area (Å²) < 4.78 is 6.98. The van der Waals surface area contributed by atoms with Gasteiger partial charge in [0.05, 0.1) is 40.5 Å². The highest BCUT2D eigenvalue weighted by atomic mass is 16.6. The van der Waals surface area contributed by atoms with E-state index >= 15 is 0 Å². The Morgan fingerprint density at radius 2 is 1.73 bits per heavy atom. The number of fused-ring (bicyclic) bond motifs is 8. The second-order valence-corrected chi connectivity index (χ2v) is 11.0. The number of hydrogen-bond donors (Lipinski definition) is 1. The van der Waals surface area contributed by atoms with Crippen LogP contribution in [0.15, 0.2) is 71.5 Å². The fourth-order valence-electron chi connectivity index (χ4n) is 6.93. The molecule has 2 saturated heterocycles. The molecule has 3 aromatic carbocycles. The molecule has 7 rings (SSSR count). The number of nitrogens with one attached hydrogen (secondary N) is 1. The van der Waals surface area contributed by atoms with Crippen LogP contribution in [-0.4, -0.2) is 39.4 Å². The van der Waals surface area contributed by atoms with Crippen molar-refractivity contribution in [3.8, 4) is 11.4 Å². The van der Waals surface area contributed by atoms with Gasteiger partial charge >= 0.3 is 0 Å². The van der Waals surface area contributed by atoms with Crippen LogP contribution >= 0.6 is 0 Å². The summed E-state index contributed by atoms with van der Waals surface area (Å²) in [6, 6.07) is 17.7. The smallest absolute Gasteiger partial charge is 0.271 e. The highest BCUT2D eigenvalue weighted by molar-refractivity contribution is 6.24. The summed E-state index contributed by atoms with van der Waals surface area (Å²) in [5.41, 5.74) is -0.0806. The Bertz CT molecular complexity index is 1880. The first-order chi connectivity index (χ1) is 19.7. The molecule has 1 N–H and O–H groups in total. The Morgan fingerprint density at radius 1 is 1.00 bits per heavy atom. The van der Waals surface area contributed by atoms with Crippen LogP contribution in [0, 0.1) is 27.9 Å². The van der Waals surface area contributed by atoms with E-state index in [1.54, 1.807) is 28.8 Å². The van der Waals surface area contributed by atoms with Crippen molar-refractivity contribution >= 4 is 34.1 Å². The Labute approximate surface area is 233 Å². The third-order valence-corrected chi connectivity index (χ3v) is 8.63. The lowest BCUT2D eigenvalue weighted by molar-refractivity contribution is -0.384. The number of aromatic nitrogens is 2. The molecule has 3 aliphatic heterocycles. The van der Waals surface area contributed by atoms with E-state index < -0.39 is 40.2 Å². The number of para-hydroxylation sites is 2. The average Bonchev–Trinajstić information content (AvgIpc) is 3.56. The largest absolute Gasteiger partial charge is 0.495 e. The first-order valence-electron chi connectivity index (χ1n) is 13.3. The molecule has 4 heterocycles. The van der Waals surface area contributed by atoms with E-state index in [0.29, 0.717) is 28.0 Å². The van der Waals surface area contributed by atoms with E-state index in [4.69, 9.17) is 9.72 Å². The third-order valence-electron chi connectivity index (χ3n) is 8.63. The number of ether oxygens (including phenoxy) is 1. The number of anilines is 1. The van der Waals surface area contributed by atoms with Crippen molar-refractivity contribution in [2.45, 2.75) is 25.4 Å². The summed E-state index contributed by atoms with van der Waals surface area (Å²) in [6.45, 7) is 3.92. The maximum absolute atomic E-state index is 14.6. The van der Waals surface area contributed by atoms with Crippen molar-refractivity contribution in [1.82, 2.24) is 14.9 Å². The van der Waals surface area contributed by atoms with Crippen molar-refractivity contribution < 1.29 is 19.2 Å². The first-order valence-corrected chi connectivity index (χ1v) is 13.3. The van der Waals surface area contributed by atoms with E-state index in [9.17, 15) is 24.5 Å². The number of imide groups is 1. The molecule has 4 atom stereocenters. The van der Waals surface area contributed by atoms with Gasteiger partial charge in [0.1, 0.15) is 22.8 Å². The van der Waals surface area contributed by atoms with Crippen LogP contribution < -0.4 is 20.5 Å². The number of methoxy groups -OCH3 is 1. The van der Waals surface area contributed by atoms with Crippen LogP contribution in [0.1, 0.15) is 25.2 Å². The number of hydrogen-bond acceptors (Lipinski definition) is 8. The zero-order valence-electron chi connectivity index (χ0n) is 22.4. The second-order valence-electron chi connectivity index (χ2n) is 11.0. The van der Waals surface area contributed by atoms with Gasteiger partial charge in [0, 0.05) is 23.7 Å². The van der Waals surface area contributed by atoms with E-state index in [1.807, 2.05) is 38.1 Å². The number of nitrogens with zero attached hydrogens (tertiary/aromatic N) is 4. The number of non-ortho nitro benzene ring substituents is 1. The van der Waals surface area contributed by atoms with Gasteiger partial charge in [-0.25, -0.2) is 9.88 Å². The number of amides is 2.